The summed E-state index contributed by atoms with van der Waals surface area (Å²) in [5, 5.41) is 11.8. The average molecular weight is 895 g/mol. The van der Waals surface area contributed by atoms with Crippen LogP contribution >= 0.6 is 46.5 Å². The minimum absolute atomic E-state index is 0.0371. The predicted molar refractivity (Wildman–Crippen MR) is 203 cm³/mol. The van der Waals surface area contributed by atoms with Gasteiger partial charge >= 0.3 is 18.1 Å². The molecular weight excluding hydrogens is 850 g/mol. The number of ether oxygens (including phenoxy) is 2. The molecule has 3 rings (SSSR count). The van der Waals surface area contributed by atoms with Crippen LogP contribution in [0.4, 0.5) is 23.2 Å². The number of aromatic nitrogens is 2. The second kappa shape index (κ2) is 21.9. The third-order valence-electron chi connectivity index (χ3n) is 7.12. The molecule has 12 nitrogen and oxygen atoms in total. The number of halogens is 7. The van der Waals surface area contributed by atoms with Crippen molar-refractivity contribution in [1.29, 1.82) is 0 Å². The molecule has 0 saturated carbocycles. The maximum absolute atomic E-state index is 14.3. The van der Waals surface area contributed by atoms with Gasteiger partial charge in [-0.2, -0.15) is 18.3 Å². The number of aryl methyl sites for hydroxylation is 3. The molecule has 2 aromatic carbocycles. The van der Waals surface area contributed by atoms with Crippen LogP contribution in [0, 0.1) is 12.7 Å². The second-order valence-electron chi connectivity index (χ2n) is 11.9. The van der Waals surface area contributed by atoms with E-state index in [1.807, 2.05) is 32.0 Å². The molecule has 1 heterocycles. The summed E-state index contributed by atoms with van der Waals surface area (Å²) in [6, 6.07) is 6.85. The van der Waals surface area contributed by atoms with Crippen molar-refractivity contribution < 1.29 is 56.0 Å². The van der Waals surface area contributed by atoms with E-state index in [4.69, 9.17) is 48.4 Å². The number of aliphatic carboxylic acids is 1. The van der Waals surface area contributed by atoms with Gasteiger partial charge in [-0.05, 0) is 79.7 Å². The van der Waals surface area contributed by atoms with E-state index in [2.05, 4.69) is 28.0 Å². The molecule has 0 bridgehead atoms. The Morgan fingerprint density at radius 2 is 1.80 bits per heavy atom. The van der Waals surface area contributed by atoms with Crippen LogP contribution in [0.1, 0.15) is 61.3 Å². The summed E-state index contributed by atoms with van der Waals surface area (Å²) in [4.78, 5) is 44.5. The van der Waals surface area contributed by atoms with E-state index in [1.165, 1.54) is 6.66 Å². The number of rotatable bonds is 13. The van der Waals surface area contributed by atoms with Gasteiger partial charge in [0.15, 0.2) is 13.1 Å². The van der Waals surface area contributed by atoms with Crippen molar-refractivity contribution in [3.05, 3.63) is 68.0 Å². The summed E-state index contributed by atoms with van der Waals surface area (Å²) in [6.07, 6.45) is -4.27. The Morgan fingerprint density at radius 3 is 2.26 bits per heavy atom. The van der Waals surface area contributed by atoms with Crippen LogP contribution in [0.2, 0.25) is 5.02 Å². The maximum atomic E-state index is 14.3. The largest absolute Gasteiger partial charge is 0.480 e. The summed E-state index contributed by atoms with van der Waals surface area (Å²) in [5.74, 6) is -3.04. The van der Waals surface area contributed by atoms with E-state index in [0.717, 1.165) is 42.4 Å². The summed E-state index contributed by atoms with van der Waals surface area (Å²) in [6.45, 7) is 11.2. The van der Waals surface area contributed by atoms with Gasteiger partial charge in [-0.3, -0.25) is 23.7 Å². The number of nitrogens with two attached hydrogens (primary N) is 1. The normalized spacial score (nSPS) is 12.8. The van der Waals surface area contributed by atoms with Gasteiger partial charge in [0.1, 0.15) is 30.2 Å². The van der Waals surface area contributed by atoms with Crippen LogP contribution in [0.5, 0.6) is 0 Å². The first-order chi connectivity index (χ1) is 24.9. The molecule has 0 aliphatic heterocycles. The smallest absolute Gasteiger partial charge is 0.434 e. The number of carboxylic acids is 1. The fourth-order valence-electron chi connectivity index (χ4n) is 4.55. The van der Waals surface area contributed by atoms with E-state index in [9.17, 15) is 36.5 Å². The number of carboxylic acid groups (broad SMARTS) is 1. The maximum Gasteiger partial charge on any atom is 0.434 e. The molecule has 302 valence electrons. The molecule has 54 heavy (non-hydrogen) atoms. The second-order valence-corrected chi connectivity index (χ2v) is 15.9. The van der Waals surface area contributed by atoms with Crippen LogP contribution in [0.25, 0.3) is 11.3 Å². The number of carbonyl (C=O) groups is 3. The van der Waals surface area contributed by atoms with Gasteiger partial charge in [0.2, 0.25) is 5.91 Å². The van der Waals surface area contributed by atoms with Gasteiger partial charge in [0, 0.05) is 32.0 Å². The van der Waals surface area contributed by atoms with Crippen LogP contribution in [-0.4, -0.2) is 81.8 Å². The van der Waals surface area contributed by atoms with Gasteiger partial charge in [0.05, 0.1) is 26.9 Å². The van der Waals surface area contributed by atoms with Crippen molar-refractivity contribution in [2.45, 2.75) is 65.8 Å². The number of benzene rings is 2. The number of amides is 1. The predicted octanol–water partition coefficient (Wildman–Crippen LogP) is 8.04. The molecule has 0 spiro atoms. The highest BCUT2D eigenvalue weighted by molar-refractivity contribution is 9.10. The highest BCUT2D eigenvalue weighted by Gasteiger charge is 2.39. The topological polar surface area (TPSA) is 174 Å². The zero-order chi connectivity index (χ0) is 41.7. The van der Waals surface area contributed by atoms with Crippen molar-refractivity contribution in [2.24, 2.45) is 12.8 Å². The lowest BCUT2D eigenvalue weighted by atomic mass is 10.0. The monoisotopic (exact) mass is 892 g/mol. The lowest BCUT2D eigenvalue weighted by Gasteiger charge is -2.25. The Kier molecular flexibility index (Phi) is 19.8. The molecule has 0 aliphatic rings. The quantitative estimate of drug-likeness (QED) is 0.0501. The Hall–Kier alpha value is -3.05. The molecule has 4 N–H and O–H groups in total. The molecule has 0 fully saturated rings. The number of carbonyl (C=O) groups excluding carboxylic acids is 2. The van der Waals surface area contributed by atoms with Crippen molar-refractivity contribution in [2.75, 3.05) is 36.9 Å². The minimum atomic E-state index is -4.69. The molecule has 2 unspecified atom stereocenters. The summed E-state index contributed by atoms with van der Waals surface area (Å²) in [5.41, 5.74) is 6.36. The highest BCUT2D eigenvalue weighted by atomic mass is 79.9. The lowest BCUT2D eigenvalue weighted by Crippen LogP contribution is -2.35. The average Bonchev–Trinajstić information content (AvgIpc) is 3.37. The summed E-state index contributed by atoms with van der Waals surface area (Å²) < 4.78 is 74.7. The molecule has 0 radical (unpaired) electrons. The molecule has 20 heteroatoms. The SMILES string of the molecule is CC(C)OC(=O)c1cc(-c2nn(C)c(C(F)(F)F)c2Br)c(F)cc1Cl.CCOCN(C(=O)CCl)c1c(C)cccc1CC.CP(=O)(O)CCC(N)C(=O)O. The van der Waals surface area contributed by atoms with Gasteiger partial charge in [-0.25, -0.2) is 9.18 Å². The Morgan fingerprint density at radius 1 is 1.19 bits per heavy atom. The van der Waals surface area contributed by atoms with Crippen LogP contribution in [0.15, 0.2) is 34.8 Å². The fourth-order valence-corrected chi connectivity index (χ4v) is 6.46. The molecule has 0 saturated heterocycles. The Labute approximate surface area is 329 Å². The third-order valence-corrected chi connectivity index (χ3v) is 9.50. The van der Waals surface area contributed by atoms with Crippen LogP contribution in [0.3, 0.4) is 0 Å². The molecule has 0 aliphatic carbocycles. The molecule has 2 atom stereocenters. The first-order valence-corrected chi connectivity index (χ1v) is 20.2. The van der Waals surface area contributed by atoms with Crippen molar-refractivity contribution in [3.8, 4) is 11.3 Å². The number of hydrogen-bond acceptors (Lipinski definition) is 8. The number of para-hydroxylation sites is 1. The van der Waals surface area contributed by atoms with E-state index in [1.54, 1.807) is 18.7 Å². The number of anilines is 1. The molecule has 1 amide bonds. The first kappa shape index (κ1) is 49.0. The number of hydrogen-bond donors (Lipinski definition) is 3. The standard InChI is InChI=1S/C15H12BrClF4N2O2.C14H20ClNO2.C5H12NO4P/c1-6(2)25-14(24)7-4-8(10(18)5-9(7)17)12-11(16)13(15(19,20)21)23(3)22-12;1-4-12-8-6-7-11(3)14(12)16(10-18-5-2)13(17)9-15;1-11(9,10)3-2-4(6)5(7)8/h4-6H,1-3H3;6-8H,4-5,9-10H2,1-3H3;4H,2-3,6H2,1H3,(H,7,8)(H,9,10). The van der Waals surface area contributed by atoms with Crippen molar-refractivity contribution >= 4 is 70.0 Å². The van der Waals surface area contributed by atoms with Gasteiger partial charge in [-0.15, -0.1) is 11.6 Å². The number of esters is 1. The zero-order valence-electron chi connectivity index (χ0n) is 30.6. The highest BCUT2D eigenvalue weighted by Crippen LogP contribution is 2.41. The van der Waals surface area contributed by atoms with Crippen LogP contribution < -0.4 is 10.6 Å². The van der Waals surface area contributed by atoms with E-state index in [0.29, 0.717) is 11.3 Å². The van der Waals surface area contributed by atoms with Gasteiger partial charge in [0.25, 0.3) is 0 Å². The molecule has 1 aromatic heterocycles. The Bertz CT molecular complexity index is 1810. The summed E-state index contributed by atoms with van der Waals surface area (Å²) in [7, 11) is -2.02. The number of nitrogens with zero attached hydrogens (tertiary/aromatic N) is 3. The fraction of sp³-hybridized carbons (Fsp3) is 0.471. The van der Waals surface area contributed by atoms with E-state index >= 15 is 0 Å². The number of alkyl halides is 4. The zero-order valence-corrected chi connectivity index (χ0v) is 34.6. The van der Waals surface area contributed by atoms with Gasteiger partial charge in [-0.1, -0.05) is 36.7 Å². The molecule has 3 aromatic rings. The van der Waals surface area contributed by atoms with Crippen molar-refractivity contribution in [3.63, 3.8) is 0 Å². The van der Waals surface area contributed by atoms with E-state index in [-0.39, 0.29) is 52.9 Å². The van der Waals surface area contributed by atoms with Gasteiger partial charge < -0.3 is 25.2 Å². The lowest BCUT2D eigenvalue weighted by molar-refractivity contribution is -0.144. The summed E-state index contributed by atoms with van der Waals surface area (Å²) >= 11 is 14.3. The third kappa shape index (κ3) is 14.9. The Balaban J connectivity index is 0.000000440. The molecular formula is C34H44BrCl2F4N4O8P. The van der Waals surface area contributed by atoms with Crippen LogP contribution in [-0.2, 0) is 43.3 Å². The first-order valence-electron chi connectivity index (χ1n) is 16.2. The minimum Gasteiger partial charge on any atom is -0.480 e. The van der Waals surface area contributed by atoms with Crippen molar-refractivity contribution in [1.82, 2.24) is 9.78 Å². The van der Waals surface area contributed by atoms with E-state index < -0.39 is 53.6 Å².